The fraction of sp³-hybridized carbons (Fsp3) is 0.304. The van der Waals surface area contributed by atoms with Gasteiger partial charge in [-0.1, -0.05) is 37.6 Å². The molecule has 1 amide bonds. The number of anilines is 2. The Bertz CT molecular complexity index is 1260. The summed E-state index contributed by atoms with van der Waals surface area (Å²) in [7, 11) is -3.60. The molecule has 2 heterocycles. The van der Waals surface area contributed by atoms with Gasteiger partial charge >= 0.3 is 0 Å². The molecule has 1 aromatic heterocycles. The summed E-state index contributed by atoms with van der Waals surface area (Å²) >= 11 is 1.23. The van der Waals surface area contributed by atoms with E-state index in [2.05, 4.69) is 24.1 Å². The number of fused-ring (bicyclic) bond motifs is 1. The molecule has 0 unspecified atom stereocenters. The maximum Gasteiger partial charge on any atom is 0.284 e. The van der Waals surface area contributed by atoms with Crippen LogP contribution in [-0.4, -0.2) is 30.2 Å². The van der Waals surface area contributed by atoms with Gasteiger partial charge in [-0.15, -0.1) is 11.3 Å². The Morgan fingerprint density at radius 2 is 1.91 bits per heavy atom. The van der Waals surface area contributed by atoms with E-state index in [-0.39, 0.29) is 17.3 Å². The number of amides is 1. The number of thiazole rings is 1. The molecule has 7 nitrogen and oxygen atoms in total. The summed E-state index contributed by atoms with van der Waals surface area (Å²) in [6, 6.07) is 12.4. The van der Waals surface area contributed by atoms with Gasteiger partial charge in [0, 0.05) is 17.8 Å². The predicted octanol–water partition coefficient (Wildman–Crippen LogP) is 4.16. The summed E-state index contributed by atoms with van der Waals surface area (Å²) in [5, 5.41) is 3.16. The predicted molar refractivity (Wildman–Crippen MR) is 127 cm³/mol. The van der Waals surface area contributed by atoms with E-state index in [1.807, 2.05) is 19.1 Å². The highest BCUT2D eigenvalue weighted by Crippen LogP contribution is 2.30. The third kappa shape index (κ3) is 4.41. The molecule has 3 N–H and O–H groups in total. The second-order valence-corrected chi connectivity index (χ2v) is 11.3. The smallest absolute Gasteiger partial charge is 0.284 e. The number of nitrogens with zero attached hydrogens (tertiary/aromatic N) is 2. The first kappa shape index (κ1) is 22.4. The van der Waals surface area contributed by atoms with E-state index in [0.717, 1.165) is 21.7 Å². The van der Waals surface area contributed by atoms with Crippen molar-refractivity contribution in [3.05, 3.63) is 69.2 Å². The quantitative estimate of drug-likeness (QED) is 0.545. The topological polar surface area (TPSA) is 105 Å². The van der Waals surface area contributed by atoms with Crippen molar-refractivity contribution in [1.82, 2.24) is 9.29 Å². The first-order chi connectivity index (χ1) is 15.1. The Balaban J connectivity index is 1.53. The molecule has 0 atom stereocenters. The molecular weight excluding hydrogens is 444 g/mol. The summed E-state index contributed by atoms with van der Waals surface area (Å²) in [6.07, 6.45) is 0.467. The van der Waals surface area contributed by atoms with E-state index in [1.165, 1.54) is 15.6 Å². The van der Waals surface area contributed by atoms with Crippen molar-refractivity contribution < 1.29 is 13.2 Å². The van der Waals surface area contributed by atoms with Crippen LogP contribution in [0.5, 0.6) is 0 Å². The highest BCUT2D eigenvalue weighted by Gasteiger charge is 2.31. The van der Waals surface area contributed by atoms with Gasteiger partial charge in [0.2, 0.25) is 10.0 Å². The SMILES string of the molecule is Cc1ccc(S(=O)(=O)N2CCc3nc(C(=O)Nc4cc(C(C)C)ccc4N)sc3C2)cc1. The number of aryl methyl sites for hydroxylation is 1. The number of hydrogen-bond acceptors (Lipinski definition) is 6. The average molecular weight is 471 g/mol. The minimum atomic E-state index is -3.60. The van der Waals surface area contributed by atoms with Gasteiger partial charge < -0.3 is 11.1 Å². The Hall–Kier alpha value is -2.75. The number of carbonyl (C=O) groups is 1. The zero-order chi connectivity index (χ0) is 23.0. The molecule has 1 aliphatic rings. The van der Waals surface area contributed by atoms with Crippen LogP contribution >= 0.6 is 11.3 Å². The number of hydrogen-bond donors (Lipinski definition) is 2. The molecule has 168 valence electrons. The average Bonchev–Trinajstić information content (AvgIpc) is 3.19. The molecule has 3 aromatic rings. The molecule has 0 saturated carbocycles. The van der Waals surface area contributed by atoms with Crippen LogP contribution in [-0.2, 0) is 23.0 Å². The summed E-state index contributed by atoms with van der Waals surface area (Å²) in [6.45, 7) is 6.60. The van der Waals surface area contributed by atoms with Gasteiger partial charge in [0.25, 0.3) is 5.91 Å². The number of sulfonamides is 1. The van der Waals surface area contributed by atoms with Crippen LogP contribution in [0.3, 0.4) is 0 Å². The summed E-state index contributed by atoms with van der Waals surface area (Å²) in [5.74, 6) is -0.0372. The van der Waals surface area contributed by atoms with E-state index in [0.29, 0.717) is 35.3 Å². The molecule has 9 heteroatoms. The van der Waals surface area contributed by atoms with E-state index in [9.17, 15) is 13.2 Å². The van der Waals surface area contributed by atoms with Gasteiger partial charge in [0.15, 0.2) is 5.01 Å². The number of aromatic nitrogens is 1. The van der Waals surface area contributed by atoms with Crippen molar-refractivity contribution in [2.45, 2.75) is 44.6 Å². The minimum Gasteiger partial charge on any atom is -0.397 e. The lowest BCUT2D eigenvalue weighted by Gasteiger charge is -2.25. The molecule has 4 rings (SSSR count). The number of nitrogen functional groups attached to an aromatic ring is 1. The monoisotopic (exact) mass is 470 g/mol. The Morgan fingerprint density at radius 1 is 1.19 bits per heavy atom. The van der Waals surface area contributed by atoms with E-state index < -0.39 is 10.0 Å². The maximum absolute atomic E-state index is 13.0. The van der Waals surface area contributed by atoms with Crippen LogP contribution in [0.25, 0.3) is 0 Å². The van der Waals surface area contributed by atoms with Crippen molar-refractivity contribution >= 4 is 38.6 Å². The van der Waals surface area contributed by atoms with Crippen LogP contribution < -0.4 is 11.1 Å². The van der Waals surface area contributed by atoms with Gasteiger partial charge in [0.1, 0.15) is 0 Å². The van der Waals surface area contributed by atoms with Crippen molar-refractivity contribution in [3.63, 3.8) is 0 Å². The summed E-state index contributed by atoms with van der Waals surface area (Å²) < 4.78 is 27.5. The van der Waals surface area contributed by atoms with Crippen molar-refractivity contribution in [2.24, 2.45) is 0 Å². The molecule has 0 bridgehead atoms. The van der Waals surface area contributed by atoms with Crippen LogP contribution in [0.4, 0.5) is 11.4 Å². The lowest BCUT2D eigenvalue weighted by atomic mass is 10.0. The molecule has 0 radical (unpaired) electrons. The number of rotatable bonds is 5. The first-order valence-electron chi connectivity index (χ1n) is 10.4. The molecule has 32 heavy (non-hydrogen) atoms. The Morgan fingerprint density at radius 3 is 2.59 bits per heavy atom. The van der Waals surface area contributed by atoms with E-state index in [4.69, 9.17) is 5.73 Å². The number of nitrogens with two attached hydrogens (primary N) is 1. The zero-order valence-corrected chi connectivity index (χ0v) is 19.9. The summed E-state index contributed by atoms with van der Waals surface area (Å²) in [5.41, 5.74) is 9.93. The van der Waals surface area contributed by atoms with Crippen molar-refractivity contribution in [2.75, 3.05) is 17.6 Å². The number of nitrogens with one attached hydrogen (secondary N) is 1. The van der Waals surface area contributed by atoms with Gasteiger partial charge in [-0.3, -0.25) is 4.79 Å². The second-order valence-electron chi connectivity index (χ2n) is 8.25. The van der Waals surface area contributed by atoms with E-state index in [1.54, 1.807) is 30.3 Å². The van der Waals surface area contributed by atoms with Crippen molar-refractivity contribution in [1.29, 1.82) is 0 Å². The van der Waals surface area contributed by atoms with Crippen molar-refractivity contribution in [3.8, 4) is 0 Å². The van der Waals surface area contributed by atoms with E-state index >= 15 is 0 Å². The largest absolute Gasteiger partial charge is 0.397 e. The van der Waals surface area contributed by atoms with Gasteiger partial charge in [-0.2, -0.15) is 4.31 Å². The van der Waals surface area contributed by atoms with Gasteiger partial charge in [-0.25, -0.2) is 13.4 Å². The number of carbonyl (C=O) groups excluding carboxylic acids is 1. The molecule has 0 spiro atoms. The highest BCUT2D eigenvalue weighted by molar-refractivity contribution is 7.89. The zero-order valence-electron chi connectivity index (χ0n) is 18.3. The fourth-order valence-electron chi connectivity index (χ4n) is 3.55. The van der Waals surface area contributed by atoms with Gasteiger partial charge in [-0.05, 0) is 42.7 Å². The van der Waals surface area contributed by atoms with Crippen LogP contribution in [0.1, 0.15) is 51.3 Å². The Kier molecular flexibility index (Phi) is 6.07. The summed E-state index contributed by atoms with van der Waals surface area (Å²) in [4.78, 5) is 18.4. The van der Waals surface area contributed by atoms with Crippen LogP contribution in [0, 0.1) is 6.92 Å². The standard InChI is InChI=1S/C23H26N4O3S2/c1-14(2)16-6-9-18(24)20(12-16)25-22(28)23-26-19-10-11-27(13-21(19)31-23)32(29,30)17-7-4-15(3)5-8-17/h4-9,12,14H,10-11,13,24H2,1-3H3,(H,25,28). The molecule has 0 fully saturated rings. The number of benzene rings is 2. The highest BCUT2D eigenvalue weighted by atomic mass is 32.2. The molecular formula is C23H26N4O3S2. The third-order valence-corrected chi connectivity index (χ3v) is 8.48. The molecule has 2 aromatic carbocycles. The van der Waals surface area contributed by atoms with Crippen LogP contribution in [0.2, 0.25) is 0 Å². The molecule has 0 saturated heterocycles. The minimum absolute atomic E-state index is 0.210. The normalized spacial score (nSPS) is 14.4. The van der Waals surface area contributed by atoms with Crippen LogP contribution in [0.15, 0.2) is 47.4 Å². The maximum atomic E-state index is 13.0. The second kappa shape index (κ2) is 8.65. The van der Waals surface area contributed by atoms with Gasteiger partial charge in [0.05, 0.1) is 28.5 Å². The first-order valence-corrected chi connectivity index (χ1v) is 12.7. The molecule has 1 aliphatic heterocycles. The third-order valence-electron chi connectivity index (χ3n) is 5.54. The lowest BCUT2D eigenvalue weighted by molar-refractivity contribution is 0.102. The molecule has 0 aliphatic carbocycles. The fourth-order valence-corrected chi connectivity index (χ4v) is 6.06. The lowest BCUT2D eigenvalue weighted by Crippen LogP contribution is -2.35. The Labute approximate surface area is 192 Å².